The standard InChI is InChI=1S/C11H20ClN3/c1-4-6-7-13-8-9-10(5-2)14-15(3)11(9)12/h13H,4-8H2,1-3H3. The van der Waals surface area contributed by atoms with Crippen molar-refractivity contribution in [1.29, 1.82) is 0 Å². The van der Waals surface area contributed by atoms with Crippen LogP contribution in [0.15, 0.2) is 0 Å². The Morgan fingerprint density at radius 2 is 2.13 bits per heavy atom. The van der Waals surface area contributed by atoms with Crippen LogP contribution in [0, 0.1) is 0 Å². The van der Waals surface area contributed by atoms with Crippen molar-refractivity contribution < 1.29 is 0 Å². The van der Waals surface area contributed by atoms with Crippen LogP contribution in [-0.4, -0.2) is 16.3 Å². The number of unbranched alkanes of at least 4 members (excludes halogenated alkanes) is 1. The first-order chi connectivity index (χ1) is 7.20. The van der Waals surface area contributed by atoms with Gasteiger partial charge in [0, 0.05) is 19.2 Å². The van der Waals surface area contributed by atoms with E-state index in [4.69, 9.17) is 11.6 Å². The number of rotatable bonds is 6. The summed E-state index contributed by atoms with van der Waals surface area (Å²) in [5, 5.41) is 8.53. The Morgan fingerprint density at radius 1 is 1.40 bits per heavy atom. The summed E-state index contributed by atoms with van der Waals surface area (Å²) in [7, 11) is 1.89. The minimum Gasteiger partial charge on any atom is -0.312 e. The molecular formula is C11H20ClN3. The van der Waals surface area contributed by atoms with Crippen LogP contribution < -0.4 is 5.32 Å². The maximum Gasteiger partial charge on any atom is 0.131 e. The third-order valence-corrected chi connectivity index (χ3v) is 2.97. The number of halogens is 1. The molecule has 0 atom stereocenters. The maximum atomic E-state index is 6.17. The summed E-state index contributed by atoms with van der Waals surface area (Å²) in [4.78, 5) is 0. The smallest absolute Gasteiger partial charge is 0.131 e. The van der Waals surface area contributed by atoms with Crippen LogP contribution in [0.2, 0.25) is 5.15 Å². The second-order valence-corrected chi connectivity index (χ2v) is 4.08. The molecule has 1 heterocycles. The monoisotopic (exact) mass is 229 g/mol. The molecule has 1 aromatic rings. The minimum absolute atomic E-state index is 0.760. The zero-order valence-corrected chi connectivity index (χ0v) is 10.6. The Hall–Kier alpha value is -0.540. The first-order valence-electron chi connectivity index (χ1n) is 5.61. The molecule has 4 heteroatoms. The Labute approximate surface area is 96.8 Å². The number of nitrogens with zero attached hydrogens (tertiary/aromatic N) is 2. The van der Waals surface area contributed by atoms with Gasteiger partial charge in [0.15, 0.2) is 0 Å². The van der Waals surface area contributed by atoms with Crippen molar-refractivity contribution in [1.82, 2.24) is 15.1 Å². The molecule has 0 amide bonds. The first-order valence-corrected chi connectivity index (χ1v) is 5.99. The molecule has 1 aromatic heterocycles. The Bertz CT molecular complexity index is 307. The van der Waals surface area contributed by atoms with E-state index in [1.807, 2.05) is 7.05 Å². The molecule has 0 aliphatic heterocycles. The second-order valence-electron chi connectivity index (χ2n) is 3.72. The normalized spacial score (nSPS) is 10.9. The van der Waals surface area contributed by atoms with Gasteiger partial charge in [-0.05, 0) is 19.4 Å². The summed E-state index contributed by atoms with van der Waals surface area (Å²) in [6.45, 7) is 6.17. The third-order valence-electron chi connectivity index (χ3n) is 2.50. The molecule has 0 saturated carbocycles. The lowest BCUT2D eigenvalue weighted by Crippen LogP contribution is -2.15. The maximum absolute atomic E-state index is 6.17. The Balaban J connectivity index is 2.58. The zero-order chi connectivity index (χ0) is 11.3. The van der Waals surface area contributed by atoms with Crippen LogP contribution in [0.1, 0.15) is 37.9 Å². The highest BCUT2D eigenvalue weighted by Gasteiger charge is 2.11. The van der Waals surface area contributed by atoms with Gasteiger partial charge < -0.3 is 5.32 Å². The van der Waals surface area contributed by atoms with Crippen molar-refractivity contribution in [2.75, 3.05) is 6.54 Å². The van der Waals surface area contributed by atoms with Gasteiger partial charge in [-0.25, -0.2) is 0 Å². The highest BCUT2D eigenvalue weighted by molar-refractivity contribution is 6.30. The quantitative estimate of drug-likeness (QED) is 0.760. The van der Waals surface area contributed by atoms with Crippen LogP contribution in [0.4, 0.5) is 0 Å². The van der Waals surface area contributed by atoms with Crippen molar-refractivity contribution in [3.8, 4) is 0 Å². The lowest BCUT2D eigenvalue weighted by Gasteiger charge is -2.03. The Kier molecular flexibility index (Phi) is 5.12. The second kappa shape index (κ2) is 6.13. The van der Waals surface area contributed by atoms with Crippen LogP contribution >= 0.6 is 11.6 Å². The average molecular weight is 230 g/mol. The summed E-state index contributed by atoms with van der Waals surface area (Å²) in [5.74, 6) is 0. The molecule has 0 saturated heterocycles. The van der Waals surface area contributed by atoms with Crippen molar-refractivity contribution in [3.63, 3.8) is 0 Å². The van der Waals surface area contributed by atoms with Gasteiger partial charge in [0.1, 0.15) is 5.15 Å². The molecule has 1 N–H and O–H groups in total. The lowest BCUT2D eigenvalue weighted by molar-refractivity contribution is 0.638. The highest BCUT2D eigenvalue weighted by atomic mass is 35.5. The number of aromatic nitrogens is 2. The summed E-state index contributed by atoms with van der Waals surface area (Å²) < 4.78 is 1.75. The van der Waals surface area contributed by atoms with Gasteiger partial charge in [-0.15, -0.1) is 0 Å². The summed E-state index contributed by atoms with van der Waals surface area (Å²) in [6, 6.07) is 0. The molecule has 0 radical (unpaired) electrons. The van der Waals surface area contributed by atoms with Gasteiger partial charge in [0.25, 0.3) is 0 Å². The molecule has 0 aliphatic rings. The van der Waals surface area contributed by atoms with E-state index in [2.05, 4.69) is 24.3 Å². The molecule has 0 unspecified atom stereocenters. The fraction of sp³-hybridized carbons (Fsp3) is 0.727. The zero-order valence-electron chi connectivity index (χ0n) is 9.81. The van der Waals surface area contributed by atoms with Crippen molar-refractivity contribution in [3.05, 3.63) is 16.4 Å². The average Bonchev–Trinajstić information content (AvgIpc) is 2.51. The van der Waals surface area contributed by atoms with Crippen LogP contribution in [0.5, 0.6) is 0 Å². The Morgan fingerprint density at radius 3 is 2.73 bits per heavy atom. The number of nitrogens with one attached hydrogen (secondary N) is 1. The van der Waals surface area contributed by atoms with E-state index in [9.17, 15) is 0 Å². The number of hydrogen-bond acceptors (Lipinski definition) is 2. The van der Waals surface area contributed by atoms with Gasteiger partial charge in [-0.1, -0.05) is 31.9 Å². The summed E-state index contributed by atoms with van der Waals surface area (Å²) in [6.07, 6.45) is 3.36. The number of hydrogen-bond donors (Lipinski definition) is 1. The van der Waals surface area contributed by atoms with E-state index >= 15 is 0 Å². The van der Waals surface area contributed by atoms with Gasteiger partial charge >= 0.3 is 0 Å². The molecule has 86 valence electrons. The van der Waals surface area contributed by atoms with Crippen LogP contribution in [0.25, 0.3) is 0 Å². The van der Waals surface area contributed by atoms with E-state index in [0.29, 0.717) is 0 Å². The molecule has 0 fully saturated rings. The minimum atomic E-state index is 0.760. The van der Waals surface area contributed by atoms with Gasteiger partial charge in [0.05, 0.1) is 5.69 Å². The fourth-order valence-electron chi connectivity index (χ4n) is 1.57. The first kappa shape index (κ1) is 12.5. The van der Waals surface area contributed by atoms with Crippen molar-refractivity contribution in [2.45, 2.75) is 39.7 Å². The third kappa shape index (κ3) is 3.21. The largest absolute Gasteiger partial charge is 0.312 e. The summed E-state index contributed by atoms with van der Waals surface area (Å²) in [5.41, 5.74) is 2.25. The molecular weight excluding hydrogens is 210 g/mol. The van der Waals surface area contributed by atoms with E-state index in [0.717, 1.165) is 35.9 Å². The SMILES string of the molecule is CCCCNCc1c(CC)nn(C)c1Cl. The molecule has 0 bridgehead atoms. The topological polar surface area (TPSA) is 29.9 Å². The fourth-order valence-corrected chi connectivity index (χ4v) is 1.79. The predicted octanol–water partition coefficient (Wildman–Crippen LogP) is 2.53. The van der Waals surface area contributed by atoms with Crippen LogP contribution in [-0.2, 0) is 20.0 Å². The summed E-state index contributed by atoms with van der Waals surface area (Å²) >= 11 is 6.17. The molecule has 0 spiro atoms. The molecule has 1 rings (SSSR count). The van der Waals surface area contributed by atoms with Gasteiger partial charge in [0.2, 0.25) is 0 Å². The van der Waals surface area contributed by atoms with E-state index < -0.39 is 0 Å². The highest BCUT2D eigenvalue weighted by Crippen LogP contribution is 2.19. The molecule has 0 aliphatic carbocycles. The van der Waals surface area contributed by atoms with E-state index in [1.165, 1.54) is 12.8 Å². The molecule has 15 heavy (non-hydrogen) atoms. The van der Waals surface area contributed by atoms with Crippen molar-refractivity contribution in [2.24, 2.45) is 7.05 Å². The predicted molar refractivity (Wildman–Crippen MR) is 64.2 cm³/mol. The van der Waals surface area contributed by atoms with Gasteiger partial charge in [-0.2, -0.15) is 5.10 Å². The van der Waals surface area contributed by atoms with Crippen LogP contribution in [0.3, 0.4) is 0 Å². The van der Waals surface area contributed by atoms with E-state index in [1.54, 1.807) is 4.68 Å². The number of aryl methyl sites for hydroxylation is 2. The van der Waals surface area contributed by atoms with Gasteiger partial charge in [-0.3, -0.25) is 4.68 Å². The molecule has 3 nitrogen and oxygen atoms in total. The van der Waals surface area contributed by atoms with Crippen molar-refractivity contribution >= 4 is 11.6 Å². The lowest BCUT2D eigenvalue weighted by atomic mass is 10.2. The molecule has 0 aromatic carbocycles. The van der Waals surface area contributed by atoms with E-state index in [-0.39, 0.29) is 0 Å².